The van der Waals surface area contributed by atoms with Crippen molar-refractivity contribution in [2.75, 3.05) is 13.7 Å². The van der Waals surface area contributed by atoms with Crippen molar-refractivity contribution in [3.63, 3.8) is 0 Å². The molecule has 0 unspecified atom stereocenters. The van der Waals surface area contributed by atoms with Crippen molar-refractivity contribution in [2.24, 2.45) is 7.05 Å². The number of nitrogens with one attached hydrogen (secondary N) is 1. The first kappa shape index (κ1) is 26.5. The third kappa shape index (κ3) is 4.63. The van der Waals surface area contributed by atoms with Gasteiger partial charge >= 0.3 is 0 Å². The summed E-state index contributed by atoms with van der Waals surface area (Å²) in [6, 6.07) is 9.33. The van der Waals surface area contributed by atoms with Gasteiger partial charge in [0, 0.05) is 47.9 Å². The fourth-order valence-corrected chi connectivity index (χ4v) is 5.87. The van der Waals surface area contributed by atoms with Crippen molar-refractivity contribution in [3.8, 4) is 5.88 Å². The Hall–Kier alpha value is -3.14. The zero-order valence-electron chi connectivity index (χ0n) is 21.5. The lowest BCUT2D eigenvalue weighted by atomic mass is 9.69. The van der Waals surface area contributed by atoms with E-state index in [2.05, 4.69) is 20.3 Å². The van der Waals surface area contributed by atoms with Gasteiger partial charge in [-0.3, -0.25) is 14.3 Å². The van der Waals surface area contributed by atoms with Crippen LogP contribution in [-0.2, 0) is 24.8 Å². The maximum atomic E-state index is 14.8. The van der Waals surface area contributed by atoms with Crippen LogP contribution >= 0.6 is 12.4 Å². The van der Waals surface area contributed by atoms with Crippen molar-refractivity contribution >= 4 is 34.5 Å². The van der Waals surface area contributed by atoms with E-state index in [0.29, 0.717) is 47.7 Å². The molecule has 3 aliphatic rings. The Morgan fingerprint density at radius 2 is 2.00 bits per heavy atom. The molecule has 0 aromatic carbocycles. The number of rotatable bonds is 7. The predicted molar refractivity (Wildman–Crippen MR) is 145 cm³/mol. The molecule has 1 aliphatic carbocycles. The minimum Gasteiger partial charge on any atom is -0.481 e. The van der Waals surface area contributed by atoms with Gasteiger partial charge in [0.2, 0.25) is 5.88 Å². The lowest BCUT2D eigenvalue weighted by molar-refractivity contribution is -0.165. The van der Waals surface area contributed by atoms with E-state index in [1.165, 1.54) is 6.20 Å². The molecule has 7 rings (SSSR count). The quantitative estimate of drug-likeness (QED) is 0.375. The maximum Gasteiger partial charge on any atom is 0.256 e. The second-order valence-electron chi connectivity index (χ2n) is 10.4. The highest BCUT2D eigenvalue weighted by Crippen LogP contribution is 2.46. The van der Waals surface area contributed by atoms with Crippen LogP contribution in [0, 0.1) is 5.82 Å². The maximum absolute atomic E-state index is 14.8. The summed E-state index contributed by atoms with van der Waals surface area (Å²) in [7, 11) is 3.31. The minimum absolute atomic E-state index is 0. The second-order valence-corrected chi connectivity index (χ2v) is 10.4. The Kier molecular flexibility index (Phi) is 7.11. The number of fused-ring (bicyclic) bond motifs is 5. The highest BCUT2D eigenvalue weighted by atomic mass is 35.5. The Labute approximate surface area is 226 Å². The van der Waals surface area contributed by atoms with Gasteiger partial charge in [-0.15, -0.1) is 12.4 Å². The number of halogens is 2. The first-order valence-corrected chi connectivity index (χ1v) is 12.7. The summed E-state index contributed by atoms with van der Waals surface area (Å²) in [5.41, 5.74) is 2.72. The van der Waals surface area contributed by atoms with Gasteiger partial charge in [0.1, 0.15) is 11.5 Å². The standard InChI is InChI=1S/C28H30FN5O3.ClH/c1-34-25-18(4-3-13-30-25)14-19(26(34)35)15-32-27-9-11-28(12-10-27,37-17-27)8-7-20-21(29)16-31-22-5-6-23(36-2)33-24(20)22;/h3-6,13-14,16,32H,7-12,15,17H2,1-2H3;1H. The van der Waals surface area contributed by atoms with Crippen LogP contribution in [0.15, 0.2) is 47.5 Å². The Morgan fingerprint density at radius 3 is 2.74 bits per heavy atom. The molecule has 2 aliphatic heterocycles. The number of methoxy groups -OCH3 is 1. The van der Waals surface area contributed by atoms with Gasteiger partial charge in [-0.1, -0.05) is 0 Å². The smallest absolute Gasteiger partial charge is 0.256 e. The van der Waals surface area contributed by atoms with E-state index in [9.17, 15) is 9.18 Å². The first-order chi connectivity index (χ1) is 17.9. The third-order valence-electron chi connectivity index (χ3n) is 8.25. The largest absolute Gasteiger partial charge is 0.481 e. The molecule has 2 bridgehead atoms. The molecule has 4 aromatic heterocycles. The van der Waals surface area contributed by atoms with Crippen molar-refractivity contribution in [2.45, 2.75) is 56.2 Å². The molecule has 10 heteroatoms. The summed E-state index contributed by atoms with van der Waals surface area (Å²) in [5, 5.41) is 4.61. The van der Waals surface area contributed by atoms with Crippen LogP contribution in [0.4, 0.5) is 4.39 Å². The van der Waals surface area contributed by atoms with E-state index in [4.69, 9.17) is 9.47 Å². The summed E-state index contributed by atoms with van der Waals surface area (Å²) in [6.45, 7) is 1.06. The van der Waals surface area contributed by atoms with Gasteiger partial charge in [-0.25, -0.2) is 14.4 Å². The molecular formula is C28H31ClFN5O3. The summed E-state index contributed by atoms with van der Waals surface area (Å²) in [5.74, 6) is 0.0960. The summed E-state index contributed by atoms with van der Waals surface area (Å²) < 4.78 is 28.1. The van der Waals surface area contributed by atoms with Crippen LogP contribution in [0.2, 0.25) is 0 Å². The highest BCUT2D eigenvalue weighted by molar-refractivity contribution is 5.85. The molecule has 3 fully saturated rings. The highest BCUT2D eigenvalue weighted by Gasteiger charge is 2.49. The zero-order valence-corrected chi connectivity index (χ0v) is 22.3. The molecule has 200 valence electrons. The molecule has 0 atom stereocenters. The van der Waals surface area contributed by atoms with Gasteiger partial charge < -0.3 is 14.8 Å². The zero-order chi connectivity index (χ0) is 25.6. The average Bonchev–Trinajstić information content (AvgIpc) is 2.94. The van der Waals surface area contributed by atoms with E-state index in [1.54, 1.807) is 37.1 Å². The molecule has 8 nitrogen and oxygen atoms in total. The van der Waals surface area contributed by atoms with Crippen LogP contribution < -0.4 is 15.6 Å². The van der Waals surface area contributed by atoms with Gasteiger partial charge in [-0.2, -0.15) is 0 Å². The van der Waals surface area contributed by atoms with Crippen LogP contribution in [0.25, 0.3) is 22.1 Å². The van der Waals surface area contributed by atoms with E-state index < -0.39 is 0 Å². The number of pyridine rings is 4. The van der Waals surface area contributed by atoms with Crippen molar-refractivity contribution in [1.82, 2.24) is 24.8 Å². The molecule has 0 radical (unpaired) electrons. The number of nitrogens with zero attached hydrogens (tertiary/aromatic N) is 4. The van der Waals surface area contributed by atoms with Gasteiger partial charge in [0.05, 0.1) is 36.5 Å². The molecule has 1 saturated carbocycles. The van der Waals surface area contributed by atoms with Crippen LogP contribution in [0.3, 0.4) is 0 Å². The van der Waals surface area contributed by atoms with Gasteiger partial charge in [0.25, 0.3) is 5.56 Å². The second kappa shape index (κ2) is 10.2. The molecular weight excluding hydrogens is 509 g/mol. The van der Waals surface area contributed by atoms with Crippen LogP contribution in [0.1, 0.15) is 43.2 Å². The van der Waals surface area contributed by atoms with Gasteiger partial charge in [0.15, 0.2) is 0 Å². The number of hydrogen-bond acceptors (Lipinski definition) is 7. The molecule has 6 heterocycles. The molecule has 1 N–H and O–H groups in total. The Balaban J connectivity index is 0.00000294. The molecule has 2 saturated heterocycles. The molecule has 0 amide bonds. The lowest BCUT2D eigenvalue weighted by Crippen LogP contribution is -2.61. The summed E-state index contributed by atoms with van der Waals surface area (Å²) >= 11 is 0. The normalized spacial score (nSPS) is 22.5. The van der Waals surface area contributed by atoms with Crippen LogP contribution in [0.5, 0.6) is 5.88 Å². The molecule has 38 heavy (non-hydrogen) atoms. The number of ether oxygens (including phenoxy) is 2. The van der Waals surface area contributed by atoms with Crippen molar-refractivity contribution in [1.29, 1.82) is 0 Å². The van der Waals surface area contributed by atoms with E-state index >= 15 is 0 Å². The van der Waals surface area contributed by atoms with Crippen molar-refractivity contribution in [3.05, 3.63) is 70.0 Å². The summed E-state index contributed by atoms with van der Waals surface area (Å²) in [4.78, 5) is 25.9. The predicted octanol–water partition coefficient (Wildman–Crippen LogP) is 4.25. The number of aromatic nitrogens is 4. The fraction of sp³-hybridized carbons (Fsp3) is 0.429. The average molecular weight is 540 g/mol. The fourth-order valence-electron chi connectivity index (χ4n) is 5.87. The topological polar surface area (TPSA) is 91.2 Å². The number of aryl methyl sites for hydroxylation is 2. The summed E-state index contributed by atoms with van der Waals surface area (Å²) in [6.07, 6.45) is 7.90. The van der Waals surface area contributed by atoms with Gasteiger partial charge in [-0.05, 0) is 62.8 Å². The molecule has 0 spiro atoms. The van der Waals surface area contributed by atoms with E-state index in [-0.39, 0.29) is 34.9 Å². The third-order valence-corrected chi connectivity index (χ3v) is 8.25. The lowest BCUT2D eigenvalue weighted by Gasteiger charge is -2.53. The SMILES string of the molecule is COc1ccc2ncc(F)c(CCC34CCC(NCc5cc6cccnc6n(C)c5=O)(CC3)CO4)c2n1.Cl. The molecule has 4 aromatic rings. The van der Waals surface area contributed by atoms with E-state index in [1.807, 2.05) is 18.2 Å². The Bertz CT molecular complexity index is 1530. The Morgan fingerprint density at radius 1 is 1.18 bits per heavy atom. The van der Waals surface area contributed by atoms with Crippen LogP contribution in [-0.4, -0.2) is 44.4 Å². The number of hydrogen-bond donors (Lipinski definition) is 1. The minimum atomic E-state index is -0.348. The monoisotopic (exact) mass is 539 g/mol. The first-order valence-electron chi connectivity index (χ1n) is 12.7. The van der Waals surface area contributed by atoms with E-state index in [0.717, 1.165) is 43.1 Å². The van der Waals surface area contributed by atoms with Crippen molar-refractivity contribution < 1.29 is 13.9 Å².